The molecule has 12 aromatic carbocycles. The molecule has 0 N–H and O–H groups in total. The molecule has 0 spiro atoms. The number of carbonyl (C=O) groups excluding carboxylic acids is 2. The number of hydrogen-bond acceptors (Lipinski definition) is 16. The van der Waals surface area contributed by atoms with Crippen LogP contribution in [-0.4, -0.2) is 100 Å². The van der Waals surface area contributed by atoms with E-state index >= 15 is 0 Å². The van der Waals surface area contributed by atoms with Crippen molar-refractivity contribution in [1.29, 1.82) is 0 Å². The van der Waals surface area contributed by atoms with Gasteiger partial charge < -0.3 is 27.7 Å². The smallest absolute Gasteiger partial charge is 0.306 e. The van der Waals surface area contributed by atoms with Gasteiger partial charge in [-0.15, -0.1) is 0 Å². The molecule has 24 heteroatoms. The normalized spacial score (nSPS) is 11.5. The molecule has 0 saturated carbocycles. The molecule has 0 atom stereocenters. The van der Waals surface area contributed by atoms with E-state index in [1.807, 2.05) is 83.1 Å². The second-order valence-corrected chi connectivity index (χ2v) is 47.8. The lowest BCUT2D eigenvalue weighted by Crippen LogP contribution is -2.19. The van der Waals surface area contributed by atoms with Crippen LogP contribution in [0.1, 0.15) is 120 Å². The standard InChI is InChI=1S/2C19H17S.2C18H15S.2C8H16O5S.2C6H14O3S/c2*1-16-12-14-19(15-13-16)20(17-8-4-2-5-9-17)18-10-6-3-7-11-18;2*1-4-10-16(11-5-1)19(17-12-6-2-7-13-17)18-14-8-3-9-15-18;2*1-8(2,3)6-7(9)13-4-5-14(10,11)12;2*1-6(2,3)4-5-10(7,8)9/h2*2-15H,1H3;2*1-15H;2*4-6H2,1-3H3,(H,10,11,12);2*4-5H2,1-3H3,(H,7,8,9)/q4*+1;;;;/p-4. The van der Waals surface area contributed by atoms with Crippen molar-refractivity contribution in [3.63, 3.8) is 0 Å². The van der Waals surface area contributed by atoms with Crippen molar-refractivity contribution in [2.45, 2.75) is 181 Å². The van der Waals surface area contributed by atoms with E-state index in [0.29, 0.717) is 12.8 Å². The van der Waals surface area contributed by atoms with Crippen molar-refractivity contribution >= 4 is 96.0 Å². The van der Waals surface area contributed by atoms with E-state index in [2.05, 4.69) is 375 Å². The lowest BCUT2D eigenvalue weighted by atomic mass is 9.92. The second kappa shape index (κ2) is 53.4. The third-order valence-corrected chi connectivity index (χ3v) is 28.7. The molecule has 0 saturated heterocycles. The van der Waals surface area contributed by atoms with Crippen LogP contribution >= 0.6 is 0 Å². The summed E-state index contributed by atoms with van der Waals surface area (Å²) in [7, 11) is -16.7. The van der Waals surface area contributed by atoms with Crippen LogP contribution in [0.5, 0.6) is 0 Å². The average Bonchev–Trinajstić information content (AvgIpc) is 0.862. The molecule has 0 unspecified atom stereocenters. The molecule has 0 bridgehead atoms. The van der Waals surface area contributed by atoms with E-state index in [-0.39, 0.29) is 103 Å². The van der Waals surface area contributed by atoms with Gasteiger partial charge in [0, 0.05) is 11.5 Å². The lowest BCUT2D eigenvalue weighted by Gasteiger charge is -2.18. The van der Waals surface area contributed by atoms with Crippen molar-refractivity contribution in [3.8, 4) is 0 Å². The highest BCUT2D eigenvalue weighted by Crippen LogP contribution is 2.36. The fraction of sp³-hybridized carbons (Fsp3) is 0.275. The van der Waals surface area contributed by atoms with Gasteiger partial charge in [0.2, 0.25) is 0 Å². The number of benzene rings is 12. The van der Waals surface area contributed by atoms with E-state index in [0.717, 1.165) is 0 Å². The van der Waals surface area contributed by atoms with Crippen LogP contribution in [0.3, 0.4) is 0 Å². The van der Waals surface area contributed by atoms with E-state index in [1.54, 1.807) is 0 Å². The molecular weight excluding hydrogens is 1740 g/mol. The molecule has 12 rings (SSSR count). The highest BCUT2D eigenvalue weighted by Gasteiger charge is 2.32. The molecule has 0 aromatic heterocycles. The maximum absolute atomic E-state index is 11.0. The van der Waals surface area contributed by atoms with Gasteiger partial charge in [0.1, 0.15) is 13.2 Å². The summed E-state index contributed by atoms with van der Waals surface area (Å²) in [5, 5.41) is 0. The summed E-state index contributed by atoms with van der Waals surface area (Å²) < 4.78 is 131. The lowest BCUT2D eigenvalue weighted by molar-refractivity contribution is -0.146. The van der Waals surface area contributed by atoms with Crippen LogP contribution in [0.4, 0.5) is 0 Å². The predicted molar refractivity (Wildman–Crippen MR) is 512 cm³/mol. The summed E-state index contributed by atoms with van der Waals surface area (Å²) in [5.74, 6) is -2.80. The minimum absolute atomic E-state index is 0.0146. The summed E-state index contributed by atoms with van der Waals surface area (Å²) in [5.41, 5.74) is 2.06. The van der Waals surface area contributed by atoms with Gasteiger partial charge in [0.05, 0.1) is 108 Å². The molecule has 126 heavy (non-hydrogen) atoms. The van der Waals surface area contributed by atoms with Gasteiger partial charge in [-0.25, -0.2) is 33.7 Å². The van der Waals surface area contributed by atoms with E-state index in [1.165, 1.54) is 69.9 Å². The first-order valence-corrected chi connectivity index (χ1v) is 52.1. The summed E-state index contributed by atoms with van der Waals surface area (Å²) in [4.78, 5) is 38.4. The first kappa shape index (κ1) is 107. The van der Waals surface area contributed by atoms with Crippen LogP contribution in [0.25, 0.3) is 0 Å². The van der Waals surface area contributed by atoms with Gasteiger partial charge in [0.15, 0.2) is 58.7 Å². The Balaban J connectivity index is 0.000000259. The molecule has 0 fully saturated rings. The molecule has 0 amide bonds. The Morgan fingerprint density at radius 1 is 0.230 bits per heavy atom. The third-order valence-electron chi connectivity index (χ3n) is 17.0. The maximum Gasteiger partial charge on any atom is 0.306 e. The minimum Gasteiger partial charge on any atom is -0.748 e. The Kier molecular flexibility index (Phi) is 45.4. The molecule has 12 aromatic rings. The van der Waals surface area contributed by atoms with Gasteiger partial charge in [-0.05, 0) is 194 Å². The number of ether oxygens (including phenoxy) is 2. The van der Waals surface area contributed by atoms with E-state index in [4.69, 9.17) is 0 Å². The maximum atomic E-state index is 11.0. The van der Waals surface area contributed by atoms with Crippen molar-refractivity contribution in [2.24, 2.45) is 21.7 Å². The van der Waals surface area contributed by atoms with Crippen LogP contribution in [0, 0.1) is 35.5 Å². The first-order valence-electron chi connectivity index (χ1n) is 40.9. The predicted octanol–water partition coefficient (Wildman–Crippen LogP) is 22.7. The fourth-order valence-corrected chi connectivity index (χ4v) is 21.6. The topological polar surface area (TPSA) is 281 Å². The highest BCUT2D eigenvalue weighted by molar-refractivity contribution is 7.98. The zero-order chi connectivity index (χ0) is 93.0. The van der Waals surface area contributed by atoms with E-state index in [9.17, 15) is 61.5 Å². The monoisotopic (exact) mass is 1860 g/mol. The Labute approximate surface area is 762 Å². The number of hydrogen-bond donors (Lipinski definition) is 0. The Morgan fingerprint density at radius 2 is 0.373 bits per heavy atom. The summed E-state index contributed by atoms with van der Waals surface area (Å²) in [6, 6.07) is 125. The number of aryl methyl sites for hydroxylation is 2. The van der Waals surface area contributed by atoms with E-state index < -0.39 is 63.9 Å². The van der Waals surface area contributed by atoms with Crippen molar-refractivity contribution in [2.75, 3.05) is 36.2 Å². The molecule has 16 nitrogen and oxygen atoms in total. The molecule has 672 valence electrons. The van der Waals surface area contributed by atoms with Gasteiger partial charge in [0.25, 0.3) is 0 Å². The molecule has 0 radical (unpaired) electrons. The third kappa shape index (κ3) is 47.4. The summed E-state index contributed by atoms with van der Waals surface area (Å²) >= 11 is 0. The second-order valence-electron chi connectivity index (χ2n) is 33.6. The zero-order valence-corrected chi connectivity index (χ0v) is 80.9. The van der Waals surface area contributed by atoms with Crippen molar-refractivity contribution in [1.82, 2.24) is 0 Å². The zero-order valence-electron chi connectivity index (χ0n) is 74.4. The molecule has 0 aliphatic heterocycles. The average molecular weight is 1860 g/mol. The molecular formula is C102H120O16S8. The van der Waals surface area contributed by atoms with Crippen LogP contribution in [0.2, 0.25) is 0 Å². The number of carbonyl (C=O) groups is 2. The fourth-order valence-electron chi connectivity index (χ4n) is 10.9. The van der Waals surface area contributed by atoms with Crippen LogP contribution in [0.15, 0.2) is 411 Å². The molecule has 0 aliphatic carbocycles. The SMILES string of the molecule is CC(C)(C)CC(=O)OCCS(=O)(=O)[O-].CC(C)(C)CC(=O)OCCS(=O)(=O)[O-].CC(C)(C)CCS(=O)(=O)[O-].CC(C)(C)CCS(=O)(=O)[O-].Cc1ccc([S+](c2ccccc2)c2ccccc2)cc1.Cc1ccc([S+](c2ccccc2)c2ccccc2)cc1.c1ccc([S+](c2ccccc2)c2ccccc2)cc1.c1ccc([S+](c2ccccc2)c2ccccc2)cc1. The molecule has 0 aliphatic rings. The van der Waals surface area contributed by atoms with Crippen molar-refractivity contribution < 1.29 is 70.9 Å². The summed E-state index contributed by atoms with van der Waals surface area (Å²) in [6.07, 6.45) is 1.26. The summed E-state index contributed by atoms with van der Waals surface area (Å²) in [6.45, 7) is 26.1. The minimum atomic E-state index is -4.29. The molecule has 0 heterocycles. The van der Waals surface area contributed by atoms with Crippen molar-refractivity contribution in [3.05, 3.63) is 363 Å². The Morgan fingerprint density at radius 3 is 0.492 bits per heavy atom. The first-order chi connectivity index (χ1) is 59.2. The van der Waals surface area contributed by atoms with Gasteiger partial charge >= 0.3 is 11.9 Å². The largest absolute Gasteiger partial charge is 0.748 e. The van der Waals surface area contributed by atoms with Crippen LogP contribution < -0.4 is 0 Å². The number of rotatable bonds is 24. The quantitative estimate of drug-likeness (QED) is 0.0309. The Hall–Kier alpha value is -9.38. The van der Waals surface area contributed by atoms with Gasteiger partial charge in [-0.2, -0.15) is 0 Å². The van der Waals surface area contributed by atoms with Gasteiger partial charge in [-0.1, -0.05) is 300 Å². The van der Waals surface area contributed by atoms with Crippen LogP contribution in [-0.2, 0) is 103 Å². The van der Waals surface area contributed by atoms with Gasteiger partial charge in [-0.3, -0.25) is 9.59 Å². The highest BCUT2D eigenvalue weighted by atomic mass is 32.2. The number of esters is 2. The Bertz CT molecular complexity index is 4930.